The Hall–Kier alpha value is -3.58. The van der Waals surface area contributed by atoms with Crippen LogP contribution in [-0.2, 0) is 0 Å². The number of hydrogen-bond donors (Lipinski definition) is 1. The molecule has 2 aromatic carbocycles. The van der Waals surface area contributed by atoms with Crippen molar-refractivity contribution < 1.29 is 18.7 Å². The van der Waals surface area contributed by atoms with E-state index in [2.05, 4.69) is 15.3 Å². The molecule has 0 bridgehead atoms. The molecule has 0 spiro atoms. The van der Waals surface area contributed by atoms with Gasteiger partial charge in [-0.3, -0.25) is 4.79 Å². The van der Waals surface area contributed by atoms with Crippen LogP contribution in [0.2, 0.25) is 5.02 Å². The molecule has 1 N–H and O–H groups in total. The van der Waals surface area contributed by atoms with Crippen LogP contribution >= 0.6 is 11.6 Å². The van der Waals surface area contributed by atoms with Crippen molar-refractivity contribution in [2.75, 3.05) is 19.5 Å². The van der Waals surface area contributed by atoms with E-state index in [9.17, 15) is 4.79 Å². The molecule has 0 fully saturated rings. The van der Waals surface area contributed by atoms with Gasteiger partial charge in [0.2, 0.25) is 5.89 Å². The first kappa shape index (κ1) is 18.8. The predicted molar refractivity (Wildman–Crippen MR) is 110 cm³/mol. The van der Waals surface area contributed by atoms with Crippen LogP contribution < -0.4 is 14.8 Å². The molecule has 2 heterocycles. The van der Waals surface area contributed by atoms with Gasteiger partial charge in [-0.05, 0) is 48.5 Å². The van der Waals surface area contributed by atoms with Gasteiger partial charge >= 0.3 is 0 Å². The Balaban J connectivity index is 1.66. The Kier molecular flexibility index (Phi) is 5.05. The second kappa shape index (κ2) is 7.81. The summed E-state index contributed by atoms with van der Waals surface area (Å²) in [6.07, 6.45) is 1.65. The zero-order valence-corrected chi connectivity index (χ0v) is 16.4. The fourth-order valence-corrected chi connectivity index (χ4v) is 3.09. The third kappa shape index (κ3) is 3.72. The average Bonchev–Trinajstić information content (AvgIpc) is 3.18. The quantitative estimate of drug-likeness (QED) is 0.509. The molecular weight excluding hydrogens is 394 g/mol. The molecule has 146 valence electrons. The summed E-state index contributed by atoms with van der Waals surface area (Å²) in [5, 5.41) is 3.18. The molecule has 0 atom stereocenters. The van der Waals surface area contributed by atoms with Crippen LogP contribution in [0.15, 0.2) is 59.1 Å². The van der Waals surface area contributed by atoms with Crippen LogP contribution in [0.4, 0.5) is 5.69 Å². The molecule has 0 saturated carbocycles. The van der Waals surface area contributed by atoms with Crippen LogP contribution in [0.1, 0.15) is 10.4 Å². The molecule has 0 aliphatic rings. The summed E-state index contributed by atoms with van der Waals surface area (Å²) in [5.74, 6) is 1.04. The van der Waals surface area contributed by atoms with Crippen LogP contribution in [0, 0.1) is 0 Å². The molecule has 0 unspecified atom stereocenters. The van der Waals surface area contributed by atoms with E-state index in [1.807, 2.05) is 0 Å². The molecule has 1 amide bonds. The zero-order chi connectivity index (χ0) is 20.4. The summed E-state index contributed by atoms with van der Waals surface area (Å²) < 4.78 is 16.2. The van der Waals surface area contributed by atoms with E-state index in [-0.39, 0.29) is 5.91 Å². The minimum Gasteiger partial charge on any atom is -0.495 e. The van der Waals surface area contributed by atoms with E-state index in [1.54, 1.807) is 54.7 Å². The number of pyridine rings is 1. The number of nitrogens with zero attached hydrogens (tertiary/aromatic N) is 2. The summed E-state index contributed by atoms with van der Waals surface area (Å²) in [6, 6.07) is 13.6. The summed E-state index contributed by atoms with van der Waals surface area (Å²) in [5.41, 5.74) is 2.62. The summed E-state index contributed by atoms with van der Waals surface area (Å²) >= 11 is 6.12. The van der Waals surface area contributed by atoms with Gasteiger partial charge in [0, 0.05) is 17.3 Å². The lowest BCUT2D eigenvalue weighted by Gasteiger charge is -2.12. The molecule has 8 heteroatoms. The van der Waals surface area contributed by atoms with Crippen LogP contribution in [0.3, 0.4) is 0 Å². The van der Waals surface area contributed by atoms with Crippen molar-refractivity contribution >= 4 is 34.4 Å². The minimum absolute atomic E-state index is 0.343. The number of aromatic nitrogens is 2. The number of carbonyl (C=O) groups is 1. The first-order chi connectivity index (χ1) is 14.1. The topological polar surface area (TPSA) is 86.5 Å². The molecule has 4 aromatic rings. The highest BCUT2D eigenvalue weighted by molar-refractivity contribution is 6.32. The van der Waals surface area contributed by atoms with Gasteiger partial charge in [0.05, 0.1) is 24.9 Å². The molecule has 4 rings (SSSR count). The predicted octanol–water partition coefficient (Wildman–Crippen LogP) is 4.81. The summed E-state index contributed by atoms with van der Waals surface area (Å²) in [4.78, 5) is 21.3. The van der Waals surface area contributed by atoms with Gasteiger partial charge in [0.25, 0.3) is 5.91 Å². The second-order valence-electron chi connectivity index (χ2n) is 6.06. The van der Waals surface area contributed by atoms with Crippen molar-refractivity contribution in [2.45, 2.75) is 0 Å². The lowest BCUT2D eigenvalue weighted by molar-refractivity contribution is 0.102. The third-order valence-corrected chi connectivity index (χ3v) is 4.57. The van der Waals surface area contributed by atoms with Crippen LogP contribution in [-0.4, -0.2) is 30.1 Å². The van der Waals surface area contributed by atoms with Crippen molar-refractivity contribution in [1.29, 1.82) is 0 Å². The maximum absolute atomic E-state index is 12.7. The van der Waals surface area contributed by atoms with Crippen molar-refractivity contribution in [3.63, 3.8) is 0 Å². The number of rotatable bonds is 5. The van der Waals surface area contributed by atoms with Gasteiger partial charge in [-0.25, -0.2) is 4.98 Å². The molecule has 7 nitrogen and oxygen atoms in total. The normalized spacial score (nSPS) is 10.7. The van der Waals surface area contributed by atoms with Crippen molar-refractivity contribution in [3.05, 3.63) is 65.3 Å². The van der Waals surface area contributed by atoms with Gasteiger partial charge in [-0.1, -0.05) is 11.6 Å². The van der Waals surface area contributed by atoms with Crippen LogP contribution in [0.25, 0.3) is 22.7 Å². The number of halogens is 1. The van der Waals surface area contributed by atoms with Crippen molar-refractivity contribution in [2.24, 2.45) is 0 Å². The van der Waals surface area contributed by atoms with E-state index < -0.39 is 0 Å². The lowest BCUT2D eigenvalue weighted by Crippen LogP contribution is -2.12. The highest BCUT2D eigenvalue weighted by Gasteiger charge is 2.15. The van der Waals surface area contributed by atoms with Crippen molar-refractivity contribution in [1.82, 2.24) is 9.97 Å². The molecule has 0 saturated heterocycles. The standard InChI is InChI=1S/C21H16ClN3O4/c1-27-16-7-5-12(10-14(16)22)20(26)24-15-11-13(6-8-17(15)28-2)21-25-19-18(29-21)4-3-9-23-19/h3-11H,1-2H3,(H,24,26). The molecule has 29 heavy (non-hydrogen) atoms. The smallest absolute Gasteiger partial charge is 0.255 e. The lowest BCUT2D eigenvalue weighted by atomic mass is 10.1. The molecule has 0 radical (unpaired) electrons. The van der Waals surface area contributed by atoms with Crippen LogP contribution in [0.5, 0.6) is 11.5 Å². The fraction of sp³-hybridized carbons (Fsp3) is 0.0952. The number of methoxy groups -OCH3 is 2. The molecular formula is C21H16ClN3O4. The fourth-order valence-electron chi connectivity index (χ4n) is 2.83. The number of carbonyl (C=O) groups excluding carboxylic acids is 1. The van der Waals surface area contributed by atoms with E-state index >= 15 is 0 Å². The number of anilines is 1. The number of nitrogens with one attached hydrogen (secondary N) is 1. The highest BCUT2D eigenvalue weighted by Crippen LogP contribution is 2.32. The first-order valence-corrected chi connectivity index (χ1v) is 9.01. The second-order valence-corrected chi connectivity index (χ2v) is 6.47. The Morgan fingerprint density at radius 1 is 1.07 bits per heavy atom. The number of hydrogen-bond acceptors (Lipinski definition) is 6. The van der Waals surface area contributed by atoms with Gasteiger partial charge in [0.15, 0.2) is 11.2 Å². The number of fused-ring (bicyclic) bond motifs is 1. The third-order valence-electron chi connectivity index (χ3n) is 4.27. The van der Waals surface area contributed by atoms with Gasteiger partial charge in [-0.15, -0.1) is 0 Å². The van der Waals surface area contributed by atoms with E-state index in [0.717, 1.165) is 0 Å². The highest BCUT2D eigenvalue weighted by atomic mass is 35.5. The van der Waals surface area contributed by atoms with E-state index in [0.29, 0.717) is 50.5 Å². The molecule has 2 aromatic heterocycles. The summed E-state index contributed by atoms with van der Waals surface area (Å²) in [7, 11) is 3.04. The van der Waals surface area contributed by atoms with Crippen molar-refractivity contribution in [3.8, 4) is 23.0 Å². The monoisotopic (exact) mass is 409 g/mol. The minimum atomic E-state index is -0.343. The maximum Gasteiger partial charge on any atom is 0.255 e. The maximum atomic E-state index is 12.7. The van der Waals surface area contributed by atoms with E-state index in [4.69, 9.17) is 25.5 Å². The first-order valence-electron chi connectivity index (χ1n) is 8.64. The van der Waals surface area contributed by atoms with E-state index in [1.165, 1.54) is 14.2 Å². The van der Waals surface area contributed by atoms with Gasteiger partial charge in [0.1, 0.15) is 11.5 Å². The van der Waals surface area contributed by atoms with Gasteiger partial charge < -0.3 is 19.2 Å². The zero-order valence-electron chi connectivity index (χ0n) is 15.6. The Morgan fingerprint density at radius 3 is 2.59 bits per heavy atom. The SMILES string of the molecule is COc1ccc(C(=O)Nc2cc(-c3nc4ncccc4o3)ccc2OC)cc1Cl. The Bertz CT molecular complexity index is 1170. The average molecular weight is 410 g/mol. The largest absolute Gasteiger partial charge is 0.495 e. The Labute approximate surface area is 171 Å². The Morgan fingerprint density at radius 2 is 1.86 bits per heavy atom. The number of ether oxygens (including phenoxy) is 2. The van der Waals surface area contributed by atoms with Gasteiger partial charge in [-0.2, -0.15) is 4.98 Å². The number of oxazole rings is 1. The molecule has 0 aliphatic heterocycles. The summed E-state index contributed by atoms with van der Waals surface area (Å²) in [6.45, 7) is 0. The number of amides is 1. The molecule has 0 aliphatic carbocycles. The number of benzene rings is 2.